The molecule has 146 valence electrons. The van der Waals surface area contributed by atoms with Gasteiger partial charge in [-0.25, -0.2) is 0 Å². The van der Waals surface area contributed by atoms with Crippen LogP contribution in [0.25, 0.3) is 21.9 Å². The molecule has 1 aromatic carbocycles. The van der Waals surface area contributed by atoms with Gasteiger partial charge < -0.3 is 10.2 Å². The van der Waals surface area contributed by atoms with E-state index in [1.54, 1.807) is 6.20 Å². The SMILES string of the molecule is CN(c1nnccc1-c1ccc2cnccc2c1)C1CC(C)(C)NC(C)(C)C1. The smallest absolute Gasteiger partial charge is 0.159 e. The van der Waals surface area contributed by atoms with Crippen molar-refractivity contribution in [3.8, 4) is 11.1 Å². The Balaban J connectivity index is 1.72. The molecule has 0 atom stereocenters. The Morgan fingerprint density at radius 1 is 0.964 bits per heavy atom. The van der Waals surface area contributed by atoms with E-state index in [1.165, 1.54) is 5.39 Å². The quantitative estimate of drug-likeness (QED) is 0.733. The average molecular weight is 376 g/mol. The van der Waals surface area contributed by atoms with Crippen molar-refractivity contribution < 1.29 is 0 Å². The number of hydrogen-bond acceptors (Lipinski definition) is 5. The third kappa shape index (κ3) is 3.72. The average Bonchev–Trinajstić information content (AvgIpc) is 2.64. The number of pyridine rings is 1. The highest BCUT2D eigenvalue weighted by atomic mass is 15.3. The van der Waals surface area contributed by atoms with Crippen LogP contribution in [-0.4, -0.2) is 39.3 Å². The van der Waals surface area contributed by atoms with E-state index in [2.05, 4.69) is 90.5 Å². The van der Waals surface area contributed by atoms with Gasteiger partial charge in [-0.3, -0.25) is 4.98 Å². The van der Waals surface area contributed by atoms with Gasteiger partial charge in [0.15, 0.2) is 5.82 Å². The summed E-state index contributed by atoms with van der Waals surface area (Å²) in [5.41, 5.74) is 2.44. The number of rotatable bonds is 3. The summed E-state index contributed by atoms with van der Waals surface area (Å²) >= 11 is 0. The molecule has 28 heavy (non-hydrogen) atoms. The van der Waals surface area contributed by atoms with Crippen LogP contribution in [0.5, 0.6) is 0 Å². The summed E-state index contributed by atoms with van der Waals surface area (Å²) in [4.78, 5) is 6.54. The molecule has 4 rings (SSSR count). The van der Waals surface area contributed by atoms with E-state index >= 15 is 0 Å². The van der Waals surface area contributed by atoms with Crippen LogP contribution in [0.2, 0.25) is 0 Å². The molecule has 1 N–H and O–H groups in total. The largest absolute Gasteiger partial charge is 0.355 e. The van der Waals surface area contributed by atoms with Crippen LogP contribution in [0.15, 0.2) is 48.9 Å². The first kappa shape index (κ1) is 18.8. The molecule has 1 aliphatic rings. The topological polar surface area (TPSA) is 53.9 Å². The first-order valence-electron chi connectivity index (χ1n) is 9.92. The highest BCUT2D eigenvalue weighted by Gasteiger charge is 2.39. The second-order valence-corrected chi connectivity index (χ2v) is 9.27. The lowest BCUT2D eigenvalue weighted by molar-refractivity contribution is 0.160. The van der Waals surface area contributed by atoms with E-state index in [0.29, 0.717) is 6.04 Å². The summed E-state index contributed by atoms with van der Waals surface area (Å²) in [6, 6.07) is 11.0. The number of aromatic nitrogens is 3. The molecule has 0 saturated carbocycles. The zero-order valence-corrected chi connectivity index (χ0v) is 17.4. The van der Waals surface area contributed by atoms with Gasteiger partial charge in [0.2, 0.25) is 0 Å². The molecule has 1 aliphatic heterocycles. The highest BCUT2D eigenvalue weighted by molar-refractivity contribution is 5.88. The van der Waals surface area contributed by atoms with Crippen LogP contribution >= 0.6 is 0 Å². The second kappa shape index (κ2) is 6.82. The maximum Gasteiger partial charge on any atom is 0.159 e. The Kier molecular flexibility index (Phi) is 4.58. The zero-order valence-electron chi connectivity index (χ0n) is 17.4. The maximum atomic E-state index is 4.55. The third-order valence-corrected chi connectivity index (χ3v) is 5.70. The lowest BCUT2D eigenvalue weighted by Gasteiger charge is -2.49. The van der Waals surface area contributed by atoms with Crippen molar-refractivity contribution in [2.24, 2.45) is 0 Å². The minimum absolute atomic E-state index is 0.0823. The lowest BCUT2D eigenvalue weighted by Crippen LogP contribution is -2.62. The summed E-state index contributed by atoms with van der Waals surface area (Å²) in [5.74, 6) is 0.939. The van der Waals surface area contributed by atoms with Crippen molar-refractivity contribution in [2.45, 2.75) is 57.7 Å². The molecule has 0 radical (unpaired) electrons. The molecule has 3 aromatic rings. The van der Waals surface area contributed by atoms with Gasteiger partial charge in [-0.15, -0.1) is 5.10 Å². The molecular weight excluding hydrogens is 346 g/mol. The fourth-order valence-corrected chi connectivity index (χ4v) is 4.78. The summed E-state index contributed by atoms with van der Waals surface area (Å²) in [7, 11) is 2.15. The minimum Gasteiger partial charge on any atom is -0.355 e. The van der Waals surface area contributed by atoms with E-state index in [0.717, 1.165) is 35.2 Å². The Morgan fingerprint density at radius 2 is 1.71 bits per heavy atom. The van der Waals surface area contributed by atoms with Crippen LogP contribution in [0.4, 0.5) is 5.82 Å². The summed E-state index contributed by atoms with van der Waals surface area (Å²) in [5, 5.41) is 14.8. The predicted molar refractivity (Wildman–Crippen MR) is 115 cm³/mol. The van der Waals surface area contributed by atoms with Gasteiger partial charge in [-0.1, -0.05) is 12.1 Å². The number of nitrogens with one attached hydrogen (secondary N) is 1. The summed E-state index contributed by atoms with van der Waals surface area (Å²) in [6.45, 7) is 9.13. The molecule has 5 nitrogen and oxygen atoms in total. The number of fused-ring (bicyclic) bond motifs is 1. The monoisotopic (exact) mass is 375 g/mol. The highest BCUT2D eigenvalue weighted by Crippen LogP contribution is 2.36. The van der Waals surface area contributed by atoms with Crippen LogP contribution in [0, 0.1) is 0 Å². The number of nitrogens with zero attached hydrogens (tertiary/aromatic N) is 4. The summed E-state index contributed by atoms with van der Waals surface area (Å²) < 4.78 is 0. The number of anilines is 1. The molecule has 2 aromatic heterocycles. The van der Waals surface area contributed by atoms with Crippen LogP contribution in [-0.2, 0) is 0 Å². The van der Waals surface area contributed by atoms with E-state index in [9.17, 15) is 0 Å². The second-order valence-electron chi connectivity index (χ2n) is 9.27. The van der Waals surface area contributed by atoms with Crippen molar-refractivity contribution in [1.82, 2.24) is 20.5 Å². The van der Waals surface area contributed by atoms with E-state index in [1.807, 2.05) is 12.4 Å². The Labute approximate surface area is 167 Å². The van der Waals surface area contributed by atoms with Gasteiger partial charge in [-0.2, -0.15) is 5.10 Å². The molecule has 0 bridgehead atoms. The van der Waals surface area contributed by atoms with Crippen molar-refractivity contribution in [3.05, 3.63) is 48.9 Å². The molecule has 1 saturated heterocycles. The number of hydrogen-bond donors (Lipinski definition) is 1. The molecule has 0 amide bonds. The molecule has 5 heteroatoms. The van der Waals surface area contributed by atoms with Gasteiger partial charge in [0.05, 0.1) is 6.20 Å². The first-order chi connectivity index (χ1) is 13.2. The van der Waals surface area contributed by atoms with Gasteiger partial charge in [0.25, 0.3) is 0 Å². The van der Waals surface area contributed by atoms with Crippen LogP contribution in [0.3, 0.4) is 0 Å². The van der Waals surface area contributed by atoms with Crippen LogP contribution in [0.1, 0.15) is 40.5 Å². The Bertz CT molecular complexity index is 979. The van der Waals surface area contributed by atoms with Crippen molar-refractivity contribution >= 4 is 16.6 Å². The Morgan fingerprint density at radius 3 is 2.46 bits per heavy atom. The van der Waals surface area contributed by atoms with Gasteiger partial charge >= 0.3 is 0 Å². The van der Waals surface area contributed by atoms with E-state index in [4.69, 9.17) is 0 Å². The standard InChI is InChI=1S/C23H29N5/c1-22(2)13-19(14-23(3,4)27-22)28(5)21-20(9-11-25-26-21)17-6-7-18-15-24-10-8-16(18)12-17/h6-12,15,19,27H,13-14H2,1-5H3. The van der Waals surface area contributed by atoms with Gasteiger partial charge in [0.1, 0.15) is 0 Å². The molecular formula is C23H29N5. The molecule has 3 heterocycles. The zero-order chi connectivity index (χ0) is 19.9. The number of piperidine rings is 1. The molecule has 0 unspecified atom stereocenters. The van der Waals surface area contributed by atoms with Crippen molar-refractivity contribution in [2.75, 3.05) is 11.9 Å². The normalized spacial score (nSPS) is 18.9. The molecule has 0 spiro atoms. The number of benzene rings is 1. The predicted octanol–water partition coefficient (Wildman–Crippen LogP) is 4.44. The van der Waals surface area contributed by atoms with Crippen molar-refractivity contribution in [1.29, 1.82) is 0 Å². The minimum atomic E-state index is 0.0823. The van der Waals surface area contributed by atoms with E-state index in [-0.39, 0.29) is 11.1 Å². The summed E-state index contributed by atoms with van der Waals surface area (Å²) in [6.07, 6.45) is 7.64. The van der Waals surface area contributed by atoms with Gasteiger partial charge in [-0.05, 0) is 69.7 Å². The van der Waals surface area contributed by atoms with Gasteiger partial charge in [0, 0.05) is 47.5 Å². The van der Waals surface area contributed by atoms with E-state index < -0.39 is 0 Å². The molecule has 1 fully saturated rings. The fraction of sp³-hybridized carbons (Fsp3) is 0.435. The fourth-order valence-electron chi connectivity index (χ4n) is 4.78. The maximum absolute atomic E-state index is 4.55. The third-order valence-electron chi connectivity index (χ3n) is 5.70. The lowest BCUT2D eigenvalue weighted by atomic mass is 9.79. The van der Waals surface area contributed by atoms with Crippen LogP contribution < -0.4 is 10.2 Å². The van der Waals surface area contributed by atoms with Crippen molar-refractivity contribution in [3.63, 3.8) is 0 Å². The Hall–Kier alpha value is -2.53. The molecule has 0 aliphatic carbocycles. The first-order valence-corrected chi connectivity index (χ1v) is 9.92.